The summed E-state index contributed by atoms with van der Waals surface area (Å²) in [5.74, 6) is -1.73. The summed E-state index contributed by atoms with van der Waals surface area (Å²) in [6, 6.07) is -1.82. The van der Waals surface area contributed by atoms with Crippen LogP contribution in [0.1, 0.15) is 104 Å². The molecule has 0 radical (unpaired) electrons. The van der Waals surface area contributed by atoms with Crippen molar-refractivity contribution >= 4 is 34.0 Å². The van der Waals surface area contributed by atoms with Gasteiger partial charge in [-0.25, -0.2) is 9.52 Å². The molecule has 2 saturated heterocycles. The predicted octanol–water partition coefficient (Wildman–Crippen LogP) is 1.99. The molecule has 2 heterocycles. The molecule has 4 aliphatic rings. The fourth-order valence-electron chi connectivity index (χ4n) is 5.94. The molecule has 0 spiro atoms. The van der Waals surface area contributed by atoms with Gasteiger partial charge in [-0.2, -0.15) is 13.1 Å². The van der Waals surface area contributed by atoms with E-state index in [9.17, 15) is 27.6 Å². The van der Waals surface area contributed by atoms with E-state index in [2.05, 4.69) is 20.1 Å². The zero-order valence-corrected chi connectivity index (χ0v) is 24.7. The lowest BCUT2D eigenvalue weighted by atomic mass is 9.94. The molecule has 0 unspecified atom stereocenters. The van der Waals surface area contributed by atoms with Gasteiger partial charge in [-0.05, 0) is 71.6 Å². The highest BCUT2D eigenvalue weighted by atomic mass is 32.2. The number of alkyl carbamates (subject to hydrolysis) is 1. The molecule has 4 N–H and O–H groups in total. The van der Waals surface area contributed by atoms with E-state index in [-0.39, 0.29) is 17.9 Å². The van der Waals surface area contributed by atoms with Crippen LogP contribution in [0, 0.1) is 5.92 Å². The van der Waals surface area contributed by atoms with E-state index < -0.39 is 51.3 Å². The summed E-state index contributed by atoms with van der Waals surface area (Å²) in [5.41, 5.74) is -2.04. The van der Waals surface area contributed by atoms with Gasteiger partial charge in [0, 0.05) is 12.6 Å². The maximum Gasteiger partial charge on any atom is 0.408 e. The minimum Gasteiger partial charge on any atom is -0.444 e. The van der Waals surface area contributed by atoms with Gasteiger partial charge in [0.2, 0.25) is 11.8 Å². The summed E-state index contributed by atoms with van der Waals surface area (Å²) in [6.45, 7) is 5.60. The Morgan fingerprint density at radius 1 is 0.950 bits per heavy atom. The van der Waals surface area contributed by atoms with Crippen LogP contribution in [-0.2, 0) is 29.3 Å². The third-order valence-corrected chi connectivity index (χ3v) is 9.48. The van der Waals surface area contributed by atoms with Gasteiger partial charge in [-0.3, -0.25) is 14.4 Å². The van der Waals surface area contributed by atoms with Crippen LogP contribution in [0.2, 0.25) is 0 Å². The summed E-state index contributed by atoms with van der Waals surface area (Å²) in [4.78, 5) is 54.6. The molecule has 0 aromatic heterocycles. The maximum absolute atomic E-state index is 13.7. The number of hydrogen-bond donors (Lipinski definition) is 4. The highest BCUT2D eigenvalue weighted by Gasteiger charge is 2.62. The largest absolute Gasteiger partial charge is 0.444 e. The standard InChI is InChI=1S/C27H45N5O7S/c1-26(2,3)39-25(36)28-20-14-8-6-4-5-7-11-18-17-27(18,24(35)31-40(37,38)30-19-12-9-13-19)29-22(33)21-15-10-16-32(21)23(20)34/h18-21,30H,4-17H2,1-3H3,(H,28,36)(H,29,33)(H,31,35)/t18-,20+,21+,27-/m1/s1. The molecule has 0 bridgehead atoms. The molecule has 2 aliphatic carbocycles. The van der Waals surface area contributed by atoms with Crippen molar-refractivity contribution in [2.24, 2.45) is 5.92 Å². The van der Waals surface area contributed by atoms with Crippen molar-refractivity contribution in [3.63, 3.8) is 0 Å². The Morgan fingerprint density at radius 2 is 1.62 bits per heavy atom. The van der Waals surface area contributed by atoms with Crippen LogP contribution in [0.25, 0.3) is 0 Å². The number of fused-ring (bicyclic) bond motifs is 2. The molecule has 13 heteroatoms. The SMILES string of the molecule is CC(C)(C)OC(=O)N[C@H]1CCCCCCC[C@@H]2C[C@@]2(C(=O)NS(=O)(=O)NC2CCC2)NC(=O)[C@@H]2CCCN2C1=O. The highest BCUT2D eigenvalue weighted by Crippen LogP contribution is 2.47. The number of nitrogens with one attached hydrogen (secondary N) is 4. The lowest BCUT2D eigenvalue weighted by Crippen LogP contribution is -2.59. The Labute approximate surface area is 237 Å². The van der Waals surface area contributed by atoms with Crippen molar-refractivity contribution in [1.29, 1.82) is 0 Å². The van der Waals surface area contributed by atoms with Gasteiger partial charge < -0.3 is 20.3 Å². The van der Waals surface area contributed by atoms with Crippen molar-refractivity contribution in [3.8, 4) is 0 Å². The lowest BCUT2D eigenvalue weighted by molar-refractivity contribution is -0.141. The first-order valence-electron chi connectivity index (χ1n) is 14.8. The first-order chi connectivity index (χ1) is 18.8. The summed E-state index contributed by atoms with van der Waals surface area (Å²) < 4.78 is 35.3. The van der Waals surface area contributed by atoms with Gasteiger partial charge in [0.05, 0.1) is 0 Å². The summed E-state index contributed by atoms with van der Waals surface area (Å²) in [6.07, 6.45) is 8.52. The minimum atomic E-state index is -4.06. The smallest absolute Gasteiger partial charge is 0.408 e. The minimum absolute atomic E-state index is 0.174. The predicted molar refractivity (Wildman–Crippen MR) is 147 cm³/mol. The summed E-state index contributed by atoms with van der Waals surface area (Å²) in [7, 11) is -4.06. The van der Waals surface area contributed by atoms with Crippen molar-refractivity contribution in [2.75, 3.05) is 6.54 Å². The van der Waals surface area contributed by atoms with E-state index in [1.54, 1.807) is 20.8 Å². The molecule has 4 amide bonds. The fourth-order valence-corrected chi connectivity index (χ4v) is 7.10. The van der Waals surface area contributed by atoms with Gasteiger partial charge in [-0.15, -0.1) is 0 Å². The second-order valence-electron chi connectivity index (χ2n) is 12.8. The number of carbonyl (C=O) groups excluding carboxylic acids is 4. The fraction of sp³-hybridized carbons (Fsp3) is 0.852. The Hall–Kier alpha value is -2.41. The molecule has 4 fully saturated rings. The third kappa shape index (κ3) is 7.65. The molecule has 0 aromatic carbocycles. The van der Waals surface area contributed by atoms with Crippen molar-refractivity contribution in [3.05, 3.63) is 0 Å². The van der Waals surface area contributed by atoms with Crippen LogP contribution in [0.4, 0.5) is 4.79 Å². The summed E-state index contributed by atoms with van der Waals surface area (Å²) in [5, 5.41) is 5.59. The van der Waals surface area contributed by atoms with E-state index in [4.69, 9.17) is 4.74 Å². The van der Waals surface area contributed by atoms with Crippen LogP contribution in [0.5, 0.6) is 0 Å². The van der Waals surface area contributed by atoms with E-state index in [0.29, 0.717) is 38.6 Å². The van der Waals surface area contributed by atoms with Crippen molar-refractivity contribution < 1.29 is 32.3 Å². The zero-order chi connectivity index (χ0) is 29.1. The highest BCUT2D eigenvalue weighted by molar-refractivity contribution is 7.88. The van der Waals surface area contributed by atoms with Crippen LogP contribution in [-0.4, -0.2) is 72.9 Å². The summed E-state index contributed by atoms with van der Waals surface area (Å²) >= 11 is 0. The molecule has 40 heavy (non-hydrogen) atoms. The Morgan fingerprint density at radius 3 is 2.27 bits per heavy atom. The Balaban J connectivity index is 1.50. The maximum atomic E-state index is 13.7. The van der Waals surface area contributed by atoms with Crippen molar-refractivity contribution in [1.82, 2.24) is 25.0 Å². The van der Waals surface area contributed by atoms with E-state index in [1.165, 1.54) is 4.90 Å². The van der Waals surface area contributed by atoms with Gasteiger partial charge in [0.15, 0.2) is 0 Å². The molecule has 12 nitrogen and oxygen atoms in total. The molecule has 2 saturated carbocycles. The molecule has 4 rings (SSSR count). The van der Waals surface area contributed by atoms with E-state index in [1.807, 2.05) is 0 Å². The second kappa shape index (κ2) is 12.2. The van der Waals surface area contributed by atoms with Crippen LogP contribution >= 0.6 is 0 Å². The third-order valence-electron chi connectivity index (χ3n) is 8.38. The molecular weight excluding hydrogens is 538 g/mol. The number of amides is 4. The number of nitrogens with zero attached hydrogens (tertiary/aromatic N) is 1. The topological polar surface area (TPSA) is 163 Å². The first kappa shape index (κ1) is 30.5. The second-order valence-corrected chi connectivity index (χ2v) is 14.2. The molecule has 4 atom stereocenters. The Kier molecular flexibility index (Phi) is 9.33. The van der Waals surface area contributed by atoms with Crippen molar-refractivity contribution in [2.45, 2.75) is 134 Å². The molecule has 2 aliphatic heterocycles. The van der Waals surface area contributed by atoms with Gasteiger partial charge in [0.1, 0.15) is 23.2 Å². The quantitative estimate of drug-likeness (QED) is 0.385. The van der Waals surface area contributed by atoms with E-state index in [0.717, 1.165) is 51.4 Å². The first-order valence-corrected chi connectivity index (χ1v) is 16.2. The van der Waals surface area contributed by atoms with E-state index >= 15 is 0 Å². The van der Waals surface area contributed by atoms with Crippen LogP contribution in [0.3, 0.4) is 0 Å². The average Bonchev–Trinajstić information content (AvgIpc) is 3.28. The van der Waals surface area contributed by atoms with Crippen LogP contribution in [0.15, 0.2) is 0 Å². The molecule has 0 aromatic rings. The molecular formula is C27H45N5O7S. The number of ether oxygens (including phenoxy) is 1. The van der Waals surface area contributed by atoms with Gasteiger partial charge >= 0.3 is 16.3 Å². The monoisotopic (exact) mass is 583 g/mol. The van der Waals surface area contributed by atoms with Crippen LogP contribution < -0.4 is 20.1 Å². The average molecular weight is 584 g/mol. The number of carbonyl (C=O) groups is 4. The zero-order valence-electron chi connectivity index (χ0n) is 23.9. The lowest BCUT2D eigenvalue weighted by Gasteiger charge is -2.31. The Bertz CT molecular complexity index is 1090. The number of rotatable bonds is 5. The molecule has 226 valence electrons. The van der Waals surface area contributed by atoms with Gasteiger partial charge in [0.25, 0.3) is 5.91 Å². The van der Waals surface area contributed by atoms with Gasteiger partial charge in [-0.1, -0.05) is 38.5 Å². The number of hydrogen-bond acceptors (Lipinski definition) is 7. The normalized spacial score (nSPS) is 30.5.